The monoisotopic (exact) mass is 382 g/mol. The molecular weight excluding hydrogens is 360 g/mol. The minimum Gasteiger partial charge on any atom is -0.504 e. The molecule has 0 unspecified atom stereocenters. The standard InChI is InChI=1S/C21H22N2O5/c1-11(2)23-20(27)15-5-4-14(9-16(15)21(23)28)19(26)22-7-6-13-10-18(25)17(24)8-12(13)3/h4-5,8-11,24-25H,6-7H2,1-3H3,(H,22,26). The van der Waals surface area contributed by atoms with Crippen LogP contribution in [0, 0.1) is 6.92 Å². The quantitative estimate of drug-likeness (QED) is 0.544. The number of hydrogen-bond acceptors (Lipinski definition) is 5. The first-order chi connectivity index (χ1) is 13.2. The molecule has 1 aliphatic rings. The third-order valence-electron chi connectivity index (χ3n) is 4.81. The van der Waals surface area contributed by atoms with E-state index in [0.717, 1.165) is 11.1 Å². The summed E-state index contributed by atoms with van der Waals surface area (Å²) >= 11 is 0. The van der Waals surface area contributed by atoms with Crippen LogP contribution in [0.15, 0.2) is 30.3 Å². The summed E-state index contributed by atoms with van der Waals surface area (Å²) in [4.78, 5) is 38.4. The van der Waals surface area contributed by atoms with Crippen LogP contribution in [0.5, 0.6) is 11.5 Å². The Morgan fingerprint density at radius 3 is 2.36 bits per heavy atom. The van der Waals surface area contributed by atoms with Crippen molar-refractivity contribution in [3.8, 4) is 11.5 Å². The van der Waals surface area contributed by atoms with E-state index in [-0.39, 0.29) is 40.8 Å². The molecule has 0 saturated heterocycles. The number of amides is 3. The molecule has 2 aromatic carbocycles. The van der Waals surface area contributed by atoms with E-state index >= 15 is 0 Å². The molecule has 3 N–H and O–H groups in total. The van der Waals surface area contributed by atoms with Crippen molar-refractivity contribution in [1.29, 1.82) is 0 Å². The highest BCUT2D eigenvalue weighted by Crippen LogP contribution is 2.28. The molecule has 7 heteroatoms. The number of carbonyl (C=O) groups excluding carboxylic acids is 3. The van der Waals surface area contributed by atoms with Crippen LogP contribution < -0.4 is 5.32 Å². The van der Waals surface area contributed by atoms with Gasteiger partial charge in [0, 0.05) is 18.2 Å². The van der Waals surface area contributed by atoms with Gasteiger partial charge in [-0.1, -0.05) is 0 Å². The van der Waals surface area contributed by atoms with E-state index in [1.165, 1.54) is 35.2 Å². The number of benzene rings is 2. The van der Waals surface area contributed by atoms with E-state index in [4.69, 9.17) is 0 Å². The fourth-order valence-corrected chi connectivity index (χ4v) is 3.28. The largest absolute Gasteiger partial charge is 0.504 e. The Kier molecular flexibility index (Phi) is 5.09. The molecule has 0 bridgehead atoms. The van der Waals surface area contributed by atoms with Gasteiger partial charge in [-0.15, -0.1) is 0 Å². The molecule has 0 saturated carbocycles. The van der Waals surface area contributed by atoms with Gasteiger partial charge in [-0.3, -0.25) is 19.3 Å². The lowest BCUT2D eigenvalue weighted by Gasteiger charge is -2.17. The zero-order chi connectivity index (χ0) is 20.6. The molecule has 0 atom stereocenters. The Labute approximate surface area is 162 Å². The second-order valence-corrected chi connectivity index (χ2v) is 7.11. The first-order valence-electron chi connectivity index (χ1n) is 9.02. The van der Waals surface area contributed by atoms with Crippen LogP contribution in [0.4, 0.5) is 0 Å². The van der Waals surface area contributed by atoms with Gasteiger partial charge in [0.15, 0.2) is 11.5 Å². The molecule has 146 valence electrons. The van der Waals surface area contributed by atoms with Crippen LogP contribution in [-0.2, 0) is 6.42 Å². The third kappa shape index (κ3) is 3.43. The van der Waals surface area contributed by atoms with E-state index in [1.54, 1.807) is 20.8 Å². The van der Waals surface area contributed by atoms with Gasteiger partial charge in [-0.25, -0.2) is 0 Å². The van der Waals surface area contributed by atoms with Crippen LogP contribution in [0.25, 0.3) is 0 Å². The average molecular weight is 382 g/mol. The third-order valence-corrected chi connectivity index (χ3v) is 4.81. The number of aromatic hydroxyl groups is 2. The van der Waals surface area contributed by atoms with Crippen molar-refractivity contribution in [3.05, 3.63) is 58.1 Å². The molecule has 0 radical (unpaired) electrons. The zero-order valence-corrected chi connectivity index (χ0v) is 15.9. The number of carbonyl (C=O) groups is 3. The Morgan fingerprint density at radius 2 is 1.68 bits per heavy atom. The van der Waals surface area contributed by atoms with Crippen LogP contribution >= 0.6 is 0 Å². The van der Waals surface area contributed by atoms with E-state index < -0.39 is 0 Å². The maximum Gasteiger partial charge on any atom is 0.261 e. The number of fused-ring (bicyclic) bond motifs is 1. The number of phenols is 2. The summed E-state index contributed by atoms with van der Waals surface area (Å²) in [6.07, 6.45) is 0.467. The van der Waals surface area contributed by atoms with Crippen molar-refractivity contribution >= 4 is 17.7 Å². The molecule has 7 nitrogen and oxygen atoms in total. The van der Waals surface area contributed by atoms with Crippen LogP contribution in [-0.4, -0.2) is 45.4 Å². The fourth-order valence-electron chi connectivity index (χ4n) is 3.28. The molecule has 1 aliphatic heterocycles. The van der Waals surface area contributed by atoms with Crippen molar-refractivity contribution in [2.45, 2.75) is 33.2 Å². The number of hydrogen-bond donors (Lipinski definition) is 3. The normalized spacial score (nSPS) is 13.2. The maximum atomic E-state index is 12.4. The van der Waals surface area contributed by atoms with Crippen molar-refractivity contribution in [1.82, 2.24) is 10.2 Å². The van der Waals surface area contributed by atoms with Gasteiger partial charge in [0.2, 0.25) is 0 Å². The first-order valence-corrected chi connectivity index (χ1v) is 9.02. The minimum atomic E-state index is -0.389. The zero-order valence-electron chi connectivity index (χ0n) is 15.9. The number of nitrogens with one attached hydrogen (secondary N) is 1. The van der Waals surface area contributed by atoms with Gasteiger partial charge in [-0.05, 0) is 68.7 Å². The summed E-state index contributed by atoms with van der Waals surface area (Å²) in [5.41, 5.74) is 2.46. The van der Waals surface area contributed by atoms with Gasteiger partial charge in [0.25, 0.3) is 17.7 Å². The molecule has 0 aromatic heterocycles. The lowest BCUT2D eigenvalue weighted by atomic mass is 10.0. The second kappa shape index (κ2) is 7.34. The molecule has 0 spiro atoms. The number of phenolic OH excluding ortho intramolecular Hbond substituents is 2. The highest BCUT2D eigenvalue weighted by atomic mass is 16.3. The number of nitrogens with zero attached hydrogens (tertiary/aromatic N) is 1. The topological polar surface area (TPSA) is 107 Å². The smallest absolute Gasteiger partial charge is 0.261 e. The van der Waals surface area contributed by atoms with Crippen LogP contribution in [0.1, 0.15) is 56.0 Å². The summed E-state index contributed by atoms with van der Waals surface area (Å²) in [6.45, 7) is 5.64. The minimum absolute atomic E-state index is 0.182. The van der Waals surface area contributed by atoms with E-state index in [1.807, 2.05) is 0 Å². The highest BCUT2D eigenvalue weighted by Gasteiger charge is 2.37. The summed E-state index contributed by atoms with van der Waals surface area (Å²) < 4.78 is 0. The molecular formula is C21H22N2O5. The van der Waals surface area contributed by atoms with Gasteiger partial charge in [0.1, 0.15) is 0 Å². The average Bonchev–Trinajstić information content (AvgIpc) is 2.89. The predicted molar refractivity (Wildman–Crippen MR) is 103 cm³/mol. The number of imide groups is 1. The van der Waals surface area contributed by atoms with E-state index in [0.29, 0.717) is 24.1 Å². The molecule has 2 aromatic rings. The SMILES string of the molecule is Cc1cc(O)c(O)cc1CCNC(=O)c1ccc2c(c1)C(=O)N(C(C)C)C2=O. The lowest BCUT2D eigenvalue weighted by molar-refractivity contribution is 0.0609. The van der Waals surface area contributed by atoms with E-state index in [9.17, 15) is 24.6 Å². The first kappa shape index (κ1) is 19.4. The van der Waals surface area contributed by atoms with Crippen molar-refractivity contribution in [3.63, 3.8) is 0 Å². The molecule has 0 aliphatic carbocycles. The van der Waals surface area contributed by atoms with Crippen LogP contribution in [0.3, 0.4) is 0 Å². The van der Waals surface area contributed by atoms with Crippen molar-refractivity contribution < 1.29 is 24.6 Å². The Balaban J connectivity index is 1.69. The highest BCUT2D eigenvalue weighted by molar-refractivity contribution is 6.22. The molecule has 3 amide bonds. The summed E-state index contributed by atoms with van der Waals surface area (Å²) in [6, 6.07) is 7.17. The second-order valence-electron chi connectivity index (χ2n) is 7.11. The molecule has 0 fully saturated rings. The summed E-state index contributed by atoms with van der Waals surface area (Å²) in [5, 5.41) is 21.9. The molecule has 3 rings (SSSR count). The Morgan fingerprint density at radius 1 is 1.04 bits per heavy atom. The summed E-state index contributed by atoms with van der Waals surface area (Å²) in [7, 11) is 0. The maximum absolute atomic E-state index is 12.4. The van der Waals surface area contributed by atoms with Crippen molar-refractivity contribution in [2.75, 3.05) is 6.54 Å². The predicted octanol–water partition coefficient (Wildman–Crippen LogP) is 2.38. The Bertz CT molecular complexity index is 981. The Hall–Kier alpha value is -3.35. The van der Waals surface area contributed by atoms with Gasteiger partial charge < -0.3 is 15.5 Å². The number of rotatable bonds is 5. The number of aryl methyl sites for hydroxylation is 1. The molecule has 28 heavy (non-hydrogen) atoms. The van der Waals surface area contributed by atoms with Gasteiger partial charge in [0.05, 0.1) is 11.1 Å². The van der Waals surface area contributed by atoms with Crippen LogP contribution in [0.2, 0.25) is 0 Å². The van der Waals surface area contributed by atoms with Gasteiger partial charge >= 0.3 is 0 Å². The lowest BCUT2D eigenvalue weighted by Crippen LogP contribution is -2.35. The van der Waals surface area contributed by atoms with Gasteiger partial charge in [-0.2, -0.15) is 0 Å². The fraction of sp³-hybridized carbons (Fsp3) is 0.286. The van der Waals surface area contributed by atoms with E-state index in [2.05, 4.69) is 5.32 Å². The summed E-state index contributed by atoms with van der Waals surface area (Å²) in [5.74, 6) is -1.47. The van der Waals surface area contributed by atoms with Crippen molar-refractivity contribution in [2.24, 2.45) is 0 Å². The molecule has 1 heterocycles.